The highest BCUT2D eigenvalue weighted by molar-refractivity contribution is 7.99. The number of hydrogen-bond acceptors (Lipinski definition) is 5. The van der Waals surface area contributed by atoms with Gasteiger partial charge in [-0.2, -0.15) is 0 Å². The molecule has 0 bridgehead atoms. The van der Waals surface area contributed by atoms with Gasteiger partial charge in [0.2, 0.25) is 0 Å². The van der Waals surface area contributed by atoms with E-state index in [4.69, 9.17) is 20.6 Å². The van der Waals surface area contributed by atoms with E-state index >= 15 is 0 Å². The van der Waals surface area contributed by atoms with Crippen LogP contribution in [0.25, 0.3) is 0 Å². The molecule has 8 heteroatoms. The van der Waals surface area contributed by atoms with E-state index in [0.717, 1.165) is 24.3 Å². The first-order chi connectivity index (χ1) is 15.0. The third-order valence-electron chi connectivity index (χ3n) is 5.06. The monoisotopic (exact) mass is 474 g/mol. The first kappa shape index (κ1) is 22.3. The van der Waals surface area contributed by atoms with E-state index in [1.54, 1.807) is 35.6 Å². The molecule has 0 radical (unpaired) electrons. The zero-order valence-corrected chi connectivity index (χ0v) is 19.9. The van der Waals surface area contributed by atoms with E-state index in [-0.39, 0.29) is 0 Å². The first-order valence-corrected chi connectivity index (χ1v) is 12.7. The third kappa shape index (κ3) is 4.94. The van der Waals surface area contributed by atoms with Crippen molar-refractivity contribution in [1.29, 1.82) is 0 Å². The van der Waals surface area contributed by atoms with Crippen LogP contribution < -0.4 is 9.42 Å². The molecule has 1 atom stereocenters. The number of anilines is 2. The summed E-state index contributed by atoms with van der Waals surface area (Å²) in [6.07, 6.45) is 0.757. The zero-order valence-electron chi connectivity index (χ0n) is 17.4. The van der Waals surface area contributed by atoms with Crippen molar-refractivity contribution in [3.8, 4) is 5.75 Å². The predicted molar refractivity (Wildman–Crippen MR) is 128 cm³/mol. The Morgan fingerprint density at radius 3 is 2.48 bits per heavy atom. The highest BCUT2D eigenvalue weighted by Gasteiger charge is 2.31. The molecule has 4 rings (SSSR count). The molecule has 1 aliphatic rings. The van der Waals surface area contributed by atoms with Gasteiger partial charge in [0.25, 0.3) is 0 Å². The maximum atomic E-state index is 13.2. The van der Waals surface area contributed by atoms with Crippen LogP contribution in [0.2, 0.25) is 5.02 Å². The van der Waals surface area contributed by atoms with E-state index in [1.165, 1.54) is 16.9 Å². The van der Waals surface area contributed by atoms with E-state index in [0.29, 0.717) is 17.3 Å². The topological polar surface area (TPSA) is 42.0 Å². The average Bonchev–Trinajstić information content (AvgIpc) is 2.79. The lowest BCUT2D eigenvalue weighted by Crippen LogP contribution is -2.27. The number of para-hydroxylation sites is 2. The number of nitrogens with zero attached hydrogens (tertiary/aromatic N) is 2. The molecule has 1 unspecified atom stereocenters. The number of benzene rings is 3. The molecule has 0 fully saturated rings. The van der Waals surface area contributed by atoms with Crippen LogP contribution in [0.3, 0.4) is 0 Å². The Balaban J connectivity index is 1.48. The van der Waals surface area contributed by atoms with Crippen LogP contribution in [0.5, 0.6) is 5.75 Å². The highest BCUT2D eigenvalue weighted by atomic mass is 35.5. The minimum Gasteiger partial charge on any atom is -0.413 e. The molecule has 162 valence electrons. The van der Waals surface area contributed by atoms with Gasteiger partial charge in [0.1, 0.15) is 5.75 Å². The van der Waals surface area contributed by atoms with Crippen molar-refractivity contribution in [1.82, 2.24) is 4.67 Å². The summed E-state index contributed by atoms with van der Waals surface area (Å²) in [6.45, 7) is 1.28. The summed E-state index contributed by atoms with van der Waals surface area (Å²) in [5.41, 5.74) is 2.25. The van der Waals surface area contributed by atoms with Crippen molar-refractivity contribution in [2.75, 3.05) is 32.1 Å². The number of halogens is 1. The lowest BCUT2D eigenvalue weighted by atomic mass is 10.2. The van der Waals surface area contributed by atoms with Gasteiger partial charge in [-0.25, -0.2) is 9.24 Å². The summed E-state index contributed by atoms with van der Waals surface area (Å²) in [7, 11) is -0.258. The summed E-state index contributed by atoms with van der Waals surface area (Å²) in [6, 6.07) is 23.4. The fraction of sp³-hybridized carbons (Fsp3) is 0.217. The molecule has 0 saturated heterocycles. The van der Waals surface area contributed by atoms with Crippen LogP contribution in [0.1, 0.15) is 6.42 Å². The van der Waals surface area contributed by atoms with Crippen molar-refractivity contribution in [2.24, 2.45) is 0 Å². The third-order valence-corrected chi connectivity index (χ3v) is 8.37. The number of hydrogen-bond donors (Lipinski definition) is 0. The van der Waals surface area contributed by atoms with Crippen LogP contribution >= 0.6 is 31.1 Å². The smallest absolute Gasteiger partial charge is 0.413 e. The normalized spacial score (nSPS) is 14.6. The second kappa shape index (κ2) is 9.68. The van der Waals surface area contributed by atoms with Gasteiger partial charge in [0.15, 0.2) is 0 Å². The molecule has 0 amide bonds. The molecule has 0 aliphatic carbocycles. The maximum Gasteiger partial charge on any atom is 0.460 e. The van der Waals surface area contributed by atoms with Crippen LogP contribution in [0.15, 0.2) is 82.6 Å². The molecular formula is C23H24ClN2O3PS. The molecule has 0 aromatic heterocycles. The minimum atomic E-state index is -3.43. The highest BCUT2D eigenvalue weighted by Crippen LogP contribution is 2.51. The Kier molecular flexibility index (Phi) is 6.95. The summed E-state index contributed by atoms with van der Waals surface area (Å²) in [5.74, 6) is 0.519. The number of fused-ring (bicyclic) bond motifs is 2. The largest absolute Gasteiger partial charge is 0.460 e. The van der Waals surface area contributed by atoms with Gasteiger partial charge < -0.3 is 9.42 Å². The van der Waals surface area contributed by atoms with Gasteiger partial charge >= 0.3 is 7.75 Å². The van der Waals surface area contributed by atoms with Crippen LogP contribution in [0.4, 0.5) is 11.4 Å². The lowest BCUT2D eigenvalue weighted by Gasteiger charge is -2.33. The summed E-state index contributed by atoms with van der Waals surface area (Å²) >= 11 is 8.04. The van der Waals surface area contributed by atoms with Gasteiger partial charge in [0, 0.05) is 35.0 Å². The second-order valence-electron chi connectivity index (χ2n) is 7.12. The Labute approximate surface area is 192 Å². The van der Waals surface area contributed by atoms with Crippen molar-refractivity contribution in [3.05, 3.63) is 77.8 Å². The Bertz CT molecular complexity index is 1100. The quantitative estimate of drug-likeness (QED) is 0.324. The molecule has 0 spiro atoms. The standard InChI is InChI=1S/C23H24ClN2O3PS/c1-25(30(27,28-2)29-19-9-4-3-5-10-19)15-8-16-26-20-11-6-7-12-22(20)31-23-14-13-18(24)17-21(23)26/h3-7,9-14,17H,8,15-16H2,1-2H3. The fourth-order valence-corrected chi connectivity index (χ4v) is 5.99. The van der Waals surface area contributed by atoms with E-state index < -0.39 is 7.75 Å². The average molecular weight is 475 g/mol. The van der Waals surface area contributed by atoms with Crippen molar-refractivity contribution < 1.29 is 13.6 Å². The van der Waals surface area contributed by atoms with Gasteiger partial charge in [-0.3, -0.25) is 4.52 Å². The fourth-order valence-electron chi connectivity index (χ4n) is 3.48. The molecule has 1 aliphatic heterocycles. The Morgan fingerprint density at radius 1 is 1.00 bits per heavy atom. The van der Waals surface area contributed by atoms with E-state index in [9.17, 15) is 4.57 Å². The minimum absolute atomic E-state index is 0.519. The van der Waals surface area contributed by atoms with Crippen molar-refractivity contribution >= 4 is 42.5 Å². The van der Waals surface area contributed by atoms with Gasteiger partial charge in [-0.1, -0.05) is 53.7 Å². The summed E-state index contributed by atoms with van der Waals surface area (Å²) in [4.78, 5) is 4.66. The van der Waals surface area contributed by atoms with Crippen LogP contribution in [-0.2, 0) is 9.09 Å². The van der Waals surface area contributed by atoms with Crippen LogP contribution in [-0.4, -0.2) is 31.9 Å². The molecule has 0 saturated carbocycles. The molecule has 3 aromatic rings. The van der Waals surface area contributed by atoms with E-state index in [2.05, 4.69) is 29.2 Å². The first-order valence-electron chi connectivity index (χ1n) is 9.96. The molecule has 0 N–H and O–H groups in total. The van der Waals surface area contributed by atoms with Gasteiger partial charge in [0.05, 0.1) is 11.4 Å². The van der Waals surface area contributed by atoms with Crippen molar-refractivity contribution in [2.45, 2.75) is 16.2 Å². The summed E-state index contributed by atoms with van der Waals surface area (Å²) < 4.78 is 25.9. The SMILES string of the molecule is COP(=O)(Oc1ccccc1)N(C)CCCN1c2ccccc2Sc2ccc(Cl)cc21. The molecule has 31 heavy (non-hydrogen) atoms. The Hall–Kier alpha value is -1.95. The zero-order chi connectivity index (χ0) is 21.8. The summed E-state index contributed by atoms with van der Waals surface area (Å²) in [5, 5.41) is 0.709. The lowest BCUT2D eigenvalue weighted by molar-refractivity contribution is 0.258. The Morgan fingerprint density at radius 2 is 1.71 bits per heavy atom. The van der Waals surface area contributed by atoms with E-state index in [1.807, 2.05) is 36.4 Å². The molecular weight excluding hydrogens is 451 g/mol. The number of rotatable bonds is 8. The molecule has 3 aromatic carbocycles. The maximum absolute atomic E-state index is 13.2. The van der Waals surface area contributed by atoms with Gasteiger partial charge in [-0.15, -0.1) is 0 Å². The molecule has 5 nitrogen and oxygen atoms in total. The van der Waals surface area contributed by atoms with Crippen molar-refractivity contribution in [3.63, 3.8) is 0 Å². The molecule has 1 heterocycles. The van der Waals surface area contributed by atoms with Crippen LogP contribution in [0, 0.1) is 0 Å². The van der Waals surface area contributed by atoms with Gasteiger partial charge in [-0.05, 0) is 55.9 Å². The predicted octanol–water partition coefficient (Wildman–Crippen LogP) is 7.10. The second-order valence-corrected chi connectivity index (χ2v) is 10.8.